The van der Waals surface area contributed by atoms with E-state index in [0.29, 0.717) is 40.6 Å². The molecule has 1 amide bonds. The minimum atomic E-state index is -1.36. The predicted molar refractivity (Wildman–Crippen MR) is 113 cm³/mol. The molecule has 0 saturated carbocycles. The third-order valence-electron chi connectivity index (χ3n) is 6.90. The van der Waals surface area contributed by atoms with Crippen LogP contribution in [-0.2, 0) is 27.3 Å². The van der Waals surface area contributed by atoms with E-state index in [2.05, 4.69) is 6.92 Å². The Morgan fingerprint density at radius 3 is 2.94 bits per heavy atom. The number of anilines is 1. The molecule has 9 heteroatoms. The largest absolute Gasteiger partial charge is 0.463 e. The summed E-state index contributed by atoms with van der Waals surface area (Å²) in [5.41, 5.74) is 11.0. The molecule has 1 fully saturated rings. The number of cyclic esters (lactones) is 1. The summed E-state index contributed by atoms with van der Waals surface area (Å²) in [7, 11) is 0. The van der Waals surface area contributed by atoms with Gasteiger partial charge in [0.2, 0.25) is 12.7 Å². The third kappa shape index (κ3) is 2.51. The Morgan fingerprint density at radius 2 is 2.12 bits per heavy atom. The van der Waals surface area contributed by atoms with Gasteiger partial charge in [-0.1, -0.05) is 19.4 Å². The van der Waals surface area contributed by atoms with Gasteiger partial charge in [-0.2, -0.15) is 0 Å². The number of nitrogen functional groups attached to an aromatic ring is 1. The van der Waals surface area contributed by atoms with Crippen molar-refractivity contribution in [3.05, 3.63) is 29.0 Å². The van der Waals surface area contributed by atoms with Crippen molar-refractivity contribution in [1.29, 1.82) is 0 Å². The summed E-state index contributed by atoms with van der Waals surface area (Å²) in [4.78, 5) is 31.8. The Labute approximate surface area is 183 Å². The van der Waals surface area contributed by atoms with Crippen LogP contribution in [0.25, 0.3) is 16.6 Å². The summed E-state index contributed by atoms with van der Waals surface area (Å²) in [6.45, 7) is 2.59. The normalized spacial score (nSPS) is 25.4. The maximum Gasteiger partial charge on any atom is 0.335 e. The molecule has 0 bridgehead atoms. The highest BCUT2D eigenvalue weighted by molar-refractivity contribution is 6.02. The van der Waals surface area contributed by atoms with Crippen molar-refractivity contribution in [2.45, 2.75) is 38.8 Å². The van der Waals surface area contributed by atoms with Crippen molar-refractivity contribution >= 4 is 34.2 Å². The van der Waals surface area contributed by atoms with Gasteiger partial charge in [-0.05, 0) is 18.4 Å². The minimum absolute atomic E-state index is 0.0253. The van der Waals surface area contributed by atoms with Gasteiger partial charge in [-0.25, -0.2) is 9.78 Å². The van der Waals surface area contributed by atoms with Crippen LogP contribution in [0.2, 0.25) is 0 Å². The molecule has 1 aromatic carbocycles. The van der Waals surface area contributed by atoms with Gasteiger partial charge in [-0.3, -0.25) is 4.79 Å². The number of hydrogen-bond acceptors (Lipinski definition) is 8. The number of amides is 1. The Morgan fingerprint density at radius 1 is 1.28 bits per heavy atom. The molecule has 2 aromatic rings. The first-order chi connectivity index (χ1) is 15.5. The summed E-state index contributed by atoms with van der Waals surface area (Å²) in [5.74, 6) is -0.988. The Hall–Kier alpha value is -3.33. The molecule has 4 aliphatic rings. The van der Waals surface area contributed by atoms with Crippen molar-refractivity contribution in [2.24, 2.45) is 11.8 Å². The van der Waals surface area contributed by atoms with Gasteiger partial charge in [0.25, 0.3) is 0 Å². The highest BCUT2D eigenvalue weighted by Crippen LogP contribution is 2.48. The van der Waals surface area contributed by atoms with Crippen molar-refractivity contribution in [1.82, 2.24) is 9.88 Å². The number of ether oxygens (including phenoxy) is 3. The monoisotopic (exact) mass is 437 g/mol. The molecule has 4 aliphatic heterocycles. The fourth-order valence-corrected chi connectivity index (χ4v) is 5.26. The lowest BCUT2D eigenvalue weighted by Crippen LogP contribution is -2.51. The van der Waals surface area contributed by atoms with Crippen LogP contribution < -0.4 is 15.2 Å². The summed E-state index contributed by atoms with van der Waals surface area (Å²) in [6, 6.07) is 1.83. The maximum atomic E-state index is 13.3. The van der Waals surface area contributed by atoms with Crippen LogP contribution in [-0.4, -0.2) is 46.4 Å². The Kier molecular flexibility index (Phi) is 4.13. The van der Waals surface area contributed by atoms with Gasteiger partial charge in [0.15, 0.2) is 17.6 Å². The van der Waals surface area contributed by atoms with Crippen molar-refractivity contribution in [2.75, 3.05) is 19.1 Å². The molecule has 1 aromatic heterocycles. The van der Waals surface area contributed by atoms with E-state index in [0.717, 1.165) is 35.8 Å². The molecule has 5 heterocycles. The van der Waals surface area contributed by atoms with E-state index in [-0.39, 0.29) is 19.3 Å². The van der Waals surface area contributed by atoms with Gasteiger partial charge in [0.05, 0.1) is 35.1 Å². The summed E-state index contributed by atoms with van der Waals surface area (Å²) in [6.07, 6.45) is 3.19. The maximum absolute atomic E-state index is 13.3. The number of esters is 1. The highest BCUT2D eigenvalue weighted by atomic mass is 16.7. The van der Waals surface area contributed by atoms with Crippen molar-refractivity contribution in [3.8, 4) is 11.5 Å². The average molecular weight is 437 g/mol. The van der Waals surface area contributed by atoms with Crippen molar-refractivity contribution < 1.29 is 28.9 Å². The molecule has 166 valence electrons. The number of nitrogens with two attached hydrogens (primary N) is 1. The second kappa shape index (κ2) is 6.83. The Balaban J connectivity index is 1.57. The minimum Gasteiger partial charge on any atom is -0.463 e. The first-order valence-corrected chi connectivity index (χ1v) is 10.9. The fourth-order valence-electron chi connectivity index (χ4n) is 5.26. The van der Waals surface area contributed by atoms with Crippen LogP contribution in [0.5, 0.6) is 11.5 Å². The van der Waals surface area contributed by atoms with Gasteiger partial charge >= 0.3 is 5.97 Å². The second-order valence-corrected chi connectivity index (χ2v) is 8.67. The number of nitrogens with zero attached hydrogens (tertiary/aromatic N) is 2. The molecule has 32 heavy (non-hydrogen) atoms. The summed E-state index contributed by atoms with van der Waals surface area (Å²) >= 11 is 0. The molecule has 3 N–H and O–H groups in total. The average Bonchev–Trinajstić information content (AvgIpc) is 3.40. The number of benzene rings is 1. The Bertz CT molecular complexity index is 1220. The van der Waals surface area contributed by atoms with Gasteiger partial charge < -0.3 is 30.0 Å². The van der Waals surface area contributed by atoms with Crippen LogP contribution in [0.1, 0.15) is 36.6 Å². The topological polar surface area (TPSA) is 124 Å². The van der Waals surface area contributed by atoms with Crippen LogP contribution in [0.4, 0.5) is 5.69 Å². The van der Waals surface area contributed by atoms with Gasteiger partial charge in [0.1, 0.15) is 6.61 Å². The third-order valence-corrected chi connectivity index (χ3v) is 6.90. The number of rotatable bonds is 3. The number of hydrogen-bond donors (Lipinski definition) is 2. The fraction of sp³-hybridized carbons (Fsp3) is 0.435. The van der Waals surface area contributed by atoms with E-state index in [1.807, 2.05) is 12.1 Å². The van der Waals surface area contributed by atoms with E-state index in [9.17, 15) is 14.7 Å². The molecular weight excluding hydrogens is 414 g/mol. The number of aliphatic hydroxyl groups excluding tert-OH is 1. The smallest absolute Gasteiger partial charge is 0.335 e. The number of carbonyl (C=O) groups is 2. The van der Waals surface area contributed by atoms with E-state index in [4.69, 9.17) is 24.9 Å². The molecule has 9 nitrogen and oxygen atoms in total. The lowest BCUT2D eigenvalue weighted by Gasteiger charge is -2.38. The SMILES string of the molecule is CCCCc1c2c(nc3cc4c(c(N)c13)OCO4)C1=CC3C(O)C(=O)OCC3C(=O)N1C2. The number of aryl methyl sites for hydroxylation is 1. The molecular formula is C23H23N3O6. The van der Waals surface area contributed by atoms with Crippen LogP contribution in [0.3, 0.4) is 0 Å². The van der Waals surface area contributed by atoms with E-state index in [1.165, 1.54) is 0 Å². The first kappa shape index (κ1) is 19.4. The second-order valence-electron chi connectivity index (χ2n) is 8.67. The molecule has 3 unspecified atom stereocenters. The first-order valence-electron chi connectivity index (χ1n) is 10.9. The molecule has 6 rings (SSSR count). The quantitative estimate of drug-likeness (QED) is 0.550. The zero-order valence-electron chi connectivity index (χ0n) is 17.6. The number of pyridine rings is 1. The predicted octanol–water partition coefficient (Wildman–Crippen LogP) is 1.74. The molecule has 0 radical (unpaired) electrons. The number of fused-ring (bicyclic) bond motifs is 6. The zero-order valence-corrected chi connectivity index (χ0v) is 17.6. The molecule has 1 saturated heterocycles. The van der Waals surface area contributed by atoms with Crippen LogP contribution in [0, 0.1) is 11.8 Å². The van der Waals surface area contributed by atoms with Gasteiger partial charge in [-0.15, -0.1) is 0 Å². The van der Waals surface area contributed by atoms with Crippen LogP contribution >= 0.6 is 0 Å². The summed E-state index contributed by atoms with van der Waals surface area (Å²) in [5, 5.41) is 11.2. The molecule has 3 atom stereocenters. The number of unbranched alkanes of at least 4 members (excludes halogenated alkanes) is 1. The van der Waals surface area contributed by atoms with Crippen molar-refractivity contribution in [3.63, 3.8) is 0 Å². The van der Waals surface area contributed by atoms with Crippen LogP contribution in [0.15, 0.2) is 12.1 Å². The lowest BCUT2D eigenvalue weighted by atomic mass is 9.81. The standard InChI is InChI=1S/C23H23N3O6/c1-2-3-4-10-12-7-26-15(5-11-13(22(26)28)8-30-23(29)20(11)27)19(12)25-14-6-16-21(32-9-31-16)18(24)17(10)14/h5-6,11,13,20,27H,2-4,7-9,24H2,1H3. The van der Waals surface area contributed by atoms with Gasteiger partial charge in [0, 0.05) is 22.9 Å². The molecule has 0 spiro atoms. The number of aliphatic hydroxyl groups is 1. The number of aromatic nitrogens is 1. The zero-order chi connectivity index (χ0) is 22.1. The highest BCUT2D eigenvalue weighted by Gasteiger charge is 2.49. The molecule has 0 aliphatic carbocycles. The summed E-state index contributed by atoms with van der Waals surface area (Å²) < 4.78 is 16.2. The van der Waals surface area contributed by atoms with E-state index < -0.39 is 23.9 Å². The van der Waals surface area contributed by atoms with E-state index >= 15 is 0 Å². The van der Waals surface area contributed by atoms with E-state index in [1.54, 1.807) is 4.90 Å². The lowest BCUT2D eigenvalue weighted by molar-refractivity contribution is -0.171. The number of carbonyl (C=O) groups excluding carboxylic acids is 2.